The zero-order valence-corrected chi connectivity index (χ0v) is 18.7. The molecular weight excluding hydrogens is 465 g/mol. The van der Waals surface area contributed by atoms with E-state index in [-0.39, 0.29) is 16.9 Å². The van der Waals surface area contributed by atoms with Crippen molar-refractivity contribution in [3.8, 4) is 0 Å². The summed E-state index contributed by atoms with van der Waals surface area (Å²) in [6, 6.07) is 16.1. The number of amides is 2. The van der Waals surface area contributed by atoms with Gasteiger partial charge in [-0.05, 0) is 35.9 Å². The summed E-state index contributed by atoms with van der Waals surface area (Å²) in [5.74, 6) is -3.88. The van der Waals surface area contributed by atoms with Crippen LogP contribution in [-0.4, -0.2) is 34.6 Å². The van der Waals surface area contributed by atoms with Gasteiger partial charge in [0.05, 0.1) is 28.5 Å². The molecule has 8 nitrogen and oxygen atoms in total. The quantitative estimate of drug-likeness (QED) is 0.241. The van der Waals surface area contributed by atoms with Gasteiger partial charge in [-0.25, -0.2) is 9.29 Å². The number of anilines is 2. The molecule has 0 aliphatic carbocycles. The largest absolute Gasteiger partial charge is 0.352 e. The van der Waals surface area contributed by atoms with Crippen LogP contribution >= 0.6 is 0 Å². The zero-order chi connectivity index (χ0) is 25.1. The van der Waals surface area contributed by atoms with E-state index in [1.54, 1.807) is 4.90 Å². The standard InChI is InChI=1S/C27H18FN3O5/c28-17-9-11-18(12-10-17)29-26(33)22-21-13-8-15-4-1-2-7-20(15)30(21)24(23(22)27(29)34)25(32)16-5-3-6-19(14-16)31(35)36/h1-14,21-24H/t21-,22-,23+,24-/m0/s1. The molecule has 0 saturated carbocycles. The van der Waals surface area contributed by atoms with Crippen LogP contribution in [0.3, 0.4) is 0 Å². The van der Waals surface area contributed by atoms with E-state index >= 15 is 0 Å². The number of hydrogen-bond acceptors (Lipinski definition) is 6. The van der Waals surface area contributed by atoms with Gasteiger partial charge < -0.3 is 4.90 Å². The summed E-state index contributed by atoms with van der Waals surface area (Å²) in [6.45, 7) is 0. The van der Waals surface area contributed by atoms with Crippen molar-refractivity contribution in [1.82, 2.24) is 0 Å². The number of fused-ring (bicyclic) bond motifs is 5. The SMILES string of the molecule is O=C(c1cccc([N+](=O)[O-])c1)[C@@H]1[C@@H]2C(=O)N(c3ccc(F)cc3)C(=O)[C@H]2[C@@H]2C=Cc3ccccc3N12. The van der Waals surface area contributed by atoms with E-state index in [1.807, 2.05) is 36.4 Å². The van der Waals surface area contributed by atoms with E-state index in [2.05, 4.69) is 0 Å². The second-order valence-electron chi connectivity index (χ2n) is 8.97. The highest BCUT2D eigenvalue weighted by atomic mass is 19.1. The molecule has 6 rings (SSSR count). The van der Waals surface area contributed by atoms with Gasteiger partial charge in [0.1, 0.15) is 11.9 Å². The molecular formula is C27H18FN3O5. The first kappa shape index (κ1) is 21.8. The fourth-order valence-corrected chi connectivity index (χ4v) is 5.60. The molecule has 0 N–H and O–H groups in total. The van der Waals surface area contributed by atoms with Crippen LogP contribution in [0, 0.1) is 27.8 Å². The van der Waals surface area contributed by atoms with Crippen molar-refractivity contribution in [2.24, 2.45) is 11.8 Å². The lowest BCUT2D eigenvalue weighted by Crippen LogP contribution is -2.48. The van der Waals surface area contributed by atoms with Crippen LogP contribution in [0.15, 0.2) is 78.9 Å². The number of carbonyl (C=O) groups is 3. The summed E-state index contributed by atoms with van der Waals surface area (Å²) in [6.07, 6.45) is 3.69. The lowest BCUT2D eigenvalue weighted by atomic mass is 9.86. The molecule has 0 radical (unpaired) electrons. The minimum Gasteiger partial charge on any atom is -0.352 e. The lowest BCUT2D eigenvalue weighted by molar-refractivity contribution is -0.384. The molecule has 178 valence electrons. The maximum atomic E-state index is 13.9. The van der Waals surface area contributed by atoms with Crippen LogP contribution in [0.1, 0.15) is 15.9 Å². The van der Waals surface area contributed by atoms with Crippen molar-refractivity contribution in [2.45, 2.75) is 12.1 Å². The van der Waals surface area contributed by atoms with Crippen LogP contribution < -0.4 is 9.80 Å². The summed E-state index contributed by atoms with van der Waals surface area (Å²) in [5.41, 5.74) is 1.61. The summed E-state index contributed by atoms with van der Waals surface area (Å²) >= 11 is 0. The average molecular weight is 483 g/mol. The van der Waals surface area contributed by atoms with Crippen molar-refractivity contribution in [1.29, 1.82) is 0 Å². The number of rotatable bonds is 4. The van der Waals surface area contributed by atoms with Gasteiger partial charge in [0.25, 0.3) is 5.69 Å². The Labute approximate surface area is 204 Å². The molecule has 3 heterocycles. The van der Waals surface area contributed by atoms with Crippen LogP contribution in [0.5, 0.6) is 0 Å². The molecule has 3 aliphatic rings. The second kappa shape index (κ2) is 7.94. The Balaban J connectivity index is 1.49. The second-order valence-corrected chi connectivity index (χ2v) is 8.97. The predicted molar refractivity (Wildman–Crippen MR) is 129 cm³/mol. The maximum absolute atomic E-state index is 13.9. The Morgan fingerprint density at radius 1 is 0.917 bits per heavy atom. The first-order chi connectivity index (χ1) is 17.4. The number of non-ortho nitro benzene ring substituents is 1. The molecule has 3 aliphatic heterocycles. The normalized spacial score (nSPS) is 23.9. The Kier molecular flexibility index (Phi) is 4.82. The third-order valence-electron chi connectivity index (χ3n) is 7.11. The van der Waals surface area contributed by atoms with Gasteiger partial charge in [-0.15, -0.1) is 0 Å². The third kappa shape index (κ3) is 3.09. The van der Waals surface area contributed by atoms with Crippen molar-refractivity contribution in [2.75, 3.05) is 9.80 Å². The molecule has 0 spiro atoms. The smallest absolute Gasteiger partial charge is 0.270 e. The Morgan fingerprint density at radius 2 is 1.64 bits per heavy atom. The number of Topliss-reactive ketones (excluding diaryl/α,β-unsaturated/α-hetero) is 1. The van der Waals surface area contributed by atoms with E-state index < -0.39 is 52.3 Å². The topological polar surface area (TPSA) is 101 Å². The van der Waals surface area contributed by atoms with Crippen LogP contribution in [0.25, 0.3) is 6.08 Å². The average Bonchev–Trinajstić information content (AvgIpc) is 3.37. The lowest BCUT2D eigenvalue weighted by Gasteiger charge is -2.36. The highest BCUT2D eigenvalue weighted by Crippen LogP contribution is 2.49. The summed E-state index contributed by atoms with van der Waals surface area (Å²) < 4.78 is 13.5. The van der Waals surface area contributed by atoms with Gasteiger partial charge in [0.2, 0.25) is 11.8 Å². The van der Waals surface area contributed by atoms with E-state index in [0.29, 0.717) is 5.69 Å². The predicted octanol–water partition coefficient (Wildman–Crippen LogP) is 4.01. The molecule has 2 fully saturated rings. The van der Waals surface area contributed by atoms with E-state index in [1.165, 1.54) is 48.5 Å². The molecule has 4 atom stereocenters. The number of para-hydroxylation sites is 1. The van der Waals surface area contributed by atoms with E-state index in [9.17, 15) is 28.9 Å². The first-order valence-electron chi connectivity index (χ1n) is 11.3. The van der Waals surface area contributed by atoms with Crippen LogP contribution in [0.4, 0.5) is 21.5 Å². The molecule has 0 bridgehead atoms. The first-order valence-corrected chi connectivity index (χ1v) is 11.3. The van der Waals surface area contributed by atoms with Gasteiger partial charge in [-0.3, -0.25) is 24.5 Å². The highest BCUT2D eigenvalue weighted by molar-refractivity contribution is 6.25. The fourth-order valence-electron chi connectivity index (χ4n) is 5.60. The van der Waals surface area contributed by atoms with Crippen LogP contribution in [0.2, 0.25) is 0 Å². The van der Waals surface area contributed by atoms with E-state index in [0.717, 1.165) is 10.5 Å². The molecule has 3 aromatic carbocycles. The summed E-state index contributed by atoms with van der Waals surface area (Å²) in [7, 11) is 0. The number of nitro groups is 1. The number of ketones is 1. The molecule has 0 aromatic heterocycles. The number of carbonyl (C=O) groups excluding carboxylic acids is 3. The van der Waals surface area contributed by atoms with Gasteiger partial charge >= 0.3 is 0 Å². The molecule has 0 unspecified atom stereocenters. The van der Waals surface area contributed by atoms with Crippen molar-refractivity contribution in [3.63, 3.8) is 0 Å². The number of hydrogen-bond donors (Lipinski definition) is 0. The summed E-state index contributed by atoms with van der Waals surface area (Å²) in [5, 5.41) is 11.3. The monoisotopic (exact) mass is 483 g/mol. The van der Waals surface area contributed by atoms with Crippen molar-refractivity contribution >= 4 is 40.7 Å². The fraction of sp³-hybridized carbons (Fsp3) is 0.148. The summed E-state index contributed by atoms with van der Waals surface area (Å²) in [4.78, 5) is 54.9. The number of nitrogens with zero attached hydrogens (tertiary/aromatic N) is 3. The third-order valence-corrected chi connectivity index (χ3v) is 7.11. The number of imide groups is 1. The minimum atomic E-state index is -1.06. The number of nitro benzene ring substituents is 1. The van der Waals surface area contributed by atoms with Gasteiger partial charge in [0.15, 0.2) is 5.78 Å². The minimum absolute atomic E-state index is 0.0844. The number of halogens is 1. The molecule has 2 amide bonds. The molecule has 36 heavy (non-hydrogen) atoms. The Morgan fingerprint density at radius 3 is 2.39 bits per heavy atom. The Bertz CT molecular complexity index is 1480. The van der Waals surface area contributed by atoms with Gasteiger partial charge in [-0.2, -0.15) is 0 Å². The molecule has 3 aromatic rings. The Hall–Kier alpha value is -4.66. The highest BCUT2D eigenvalue weighted by Gasteiger charge is 2.64. The van der Waals surface area contributed by atoms with E-state index in [4.69, 9.17) is 0 Å². The number of benzene rings is 3. The van der Waals surface area contributed by atoms with Crippen molar-refractivity contribution < 1.29 is 23.7 Å². The maximum Gasteiger partial charge on any atom is 0.270 e. The van der Waals surface area contributed by atoms with Gasteiger partial charge in [-0.1, -0.05) is 42.5 Å². The van der Waals surface area contributed by atoms with Crippen LogP contribution in [-0.2, 0) is 9.59 Å². The van der Waals surface area contributed by atoms with Gasteiger partial charge in [0, 0.05) is 23.4 Å². The molecule has 9 heteroatoms. The van der Waals surface area contributed by atoms with Crippen molar-refractivity contribution in [3.05, 3.63) is 106 Å². The molecule has 2 saturated heterocycles. The zero-order valence-electron chi connectivity index (χ0n) is 18.7.